The largest absolute Gasteiger partial charge is 0.486 e. The molecule has 2 heteroatoms. The Balaban J connectivity index is 1.62. The zero-order chi connectivity index (χ0) is 15.4. The molecule has 1 atom stereocenters. The highest BCUT2D eigenvalue weighted by atomic mass is 16.5. The van der Waals surface area contributed by atoms with Gasteiger partial charge in [0.1, 0.15) is 11.9 Å². The number of hydrogen-bond donors (Lipinski definition) is 1. The molecule has 2 aromatic rings. The summed E-state index contributed by atoms with van der Waals surface area (Å²) in [6.07, 6.45) is 4.86. The molecule has 1 N–H and O–H groups in total. The molecular weight excluding hydrogens is 270 g/mol. The van der Waals surface area contributed by atoms with Gasteiger partial charge < -0.3 is 10.1 Å². The minimum atomic E-state index is 0.204. The summed E-state index contributed by atoms with van der Waals surface area (Å²) < 4.78 is 6.15. The average Bonchev–Trinajstić information content (AvgIpc) is 2.54. The van der Waals surface area contributed by atoms with E-state index in [1.807, 2.05) is 0 Å². The molecule has 3 rings (SSSR count). The van der Waals surface area contributed by atoms with Crippen molar-refractivity contribution in [2.75, 3.05) is 11.9 Å². The number of unbranched alkanes of at least 4 members (excludes halogenated alkanes) is 1. The van der Waals surface area contributed by atoms with Crippen molar-refractivity contribution in [3.8, 4) is 5.75 Å². The maximum absolute atomic E-state index is 6.15. The summed E-state index contributed by atoms with van der Waals surface area (Å²) in [4.78, 5) is 0. The van der Waals surface area contributed by atoms with Crippen LogP contribution in [0.3, 0.4) is 0 Å². The molecule has 1 aliphatic rings. The van der Waals surface area contributed by atoms with Crippen molar-refractivity contribution in [3.63, 3.8) is 0 Å². The third kappa shape index (κ3) is 3.62. The van der Waals surface area contributed by atoms with Crippen LogP contribution in [-0.2, 0) is 12.8 Å². The van der Waals surface area contributed by atoms with Crippen LogP contribution in [0.5, 0.6) is 5.75 Å². The summed E-state index contributed by atoms with van der Waals surface area (Å²) in [6.45, 7) is 5.21. The predicted molar refractivity (Wildman–Crippen MR) is 92.8 cm³/mol. The number of fused-ring (bicyclic) bond motifs is 1. The second-order valence-corrected chi connectivity index (χ2v) is 6.24. The fraction of sp³-hybridized carbons (Fsp3) is 0.400. The SMILES string of the molecule is CCCCc1ccc(CC2CNc3ccc(C)cc3O2)cc1. The van der Waals surface area contributed by atoms with Gasteiger partial charge in [0.15, 0.2) is 0 Å². The molecule has 22 heavy (non-hydrogen) atoms. The molecule has 0 radical (unpaired) electrons. The monoisotopic (exact) mass is 295 g/mol. The first-order valence-electron chi connectivity index (χ1n) is 8.33. The van der Waals surface area contributed by atoms with E-state index in [1.165, 1.54) is 36.0 Å². The van der Waals surface area contributed by atoms with Crippen LogP contribution in [0.4, 0.5) is 5.69 Å². The topological polar surface area (TPSA) is 21.3 Å². The lowest BCUT2D eigenvalue weighted by Gasteiger charge is -2.27. The fourth-order valence-corrected chi connectivity index (χ4v) is 2.92. The second-order valence-electron chi connectivity index (χ2n) is 6.24. The highest BCUT2D eigenvalue weighted by Gasteiger charge is 2.19. The first-order valence-corrected chi connectivity index (χ1v) is 8.33. The summed E-state index contributed by atoms with van der Waals surface area (Å²) in [5, 5.41) is 3.47. The van der Waals surface area contributed by atoms with Crippen LogP contribution < -0.4 is 10.1 Å². The molecular formula is C20H25NO. The third-order valence-electron chi connectivity index (χ3n) is 4.26. The Morgan fingerprint density at radius 3 is 2.64 bits per heavy atom. The van der Waals surface area contributed by atoms with Gasteiger partial charge in [-0.05, 0) is 48.6 Å². The van der Waals surface area contributed by atoms with Crippen molar-refractivity contribution < 1.29 is 4.74 Å². The van der Waals surface area contributed by atoms with E-state index in [0.29, 0.717) is 0 Å². The Morgan fingerprint density at radius 2 is 1.86 bits per heavy atom. The minimum absolute atomic E-state index is 0.204. The minimum Gasteiger partial charge on any atom is -0.486 e. The first-order chi connectivity index (χ1) is 10.7. The van der Waals surface area contributed by atoms with Crippen LogP contribution in [0, 0.1) is 6.92 Å². The van der Waals surface area contributed by atoms with Crippen molar-refractivity contribution in [1.29, 1.82) is 0 Å². The Bertz CT molecular complexity index is 618. The second kappa shape index (κ2) is 6.87. The number of hydrogen-bond acceptors (Lipinski definition) is 2. The molecule has 2 aromatic carbocycles. The van der Waals surface area contributed by atoms with Crippen LogP contribution in [0.2, 0.25) is 0 Å². The van der Waals surface area contributed by atoms with Gasteiger partial charge in [-0.1, -0.05) is 43.7 Å². The Kier molecular flexibility index (Phi) is 4.67. The molecule has 0 saturated carbocycles. The van der Waals surface area contributed by atoms with E-state index in [2.05, 4.69) is 61.6 Å². The summed E-state index contributed by atoms with van der Waals surface area (Å²) in [5.41, 5.74) is 5.13. The van der Waals surface area contributed by atoms with Crippen molar-refractivity contribution in [3.05, 3.63) is 59.2 Å². The number of anilines is 1. The molecule has 0 fully saturated rings. The standard InChI is InChI=1S/C20H25NO/c1-3-4-5-16-7-9-17(10-8-16)13-18-14-21-19-11-6-15(2)12-20(19)22-18/h6-12,18,21H,3-5,13-14H2,1-2H3. The Morgan fingerprint density at radius 1 is 1.09 bits per heavy atom. The summed E-state index contributed by atoms with van der Waals surface area (Å²) in [6, 6.07) is 15.4. The van der Waals surface area contributed by atoms with Gasteiger partial charge in [0, 0.05) is 6.42 Å². The normalized spacial score (nSPS) is 16.5. The predicted octanol–water partition coefficient (Wildman–Crippen LogP) is 4.75. The van der Waals surface area contributed by atoms with E-state index < -0.39 is 0 Å². The zero-order valence-corrected chi connectivity index (χ0v) is 13.6. The lowest BCUT2D eigenvalue weighted by Crippen LogP contribution is -2.32. The number of ether oxygens (including phenoxy) is 1. The molecule has 0 spiro atoms. The molecule has 1 unspecified atom stereocenters. The third-order valence-corrected chi connectivity index (χ3v) is 4.26. The highest BCUT2D eigenvalue weighted by molar-refractivity contribution is 5.59. The van der Waals surface area contributed by atoms with Crippen LogP contribution in [0.1, 0.15) is 36.5 Å². The molecule has 2 nitrogen and oxygen atoms in total. The van der Waals surface area contributed by atoms with Gasteiger partial charge in [0.25, 0.3) is 0 Å². The molecule has 116 valence electrons. The average molecular weight is 295 g/mol. The van der Waals surface area contributed by atoms with Gasteiger partial charge in [0.05, 0.1) is 12.2 Å². The van der Waals surface area contributed by atoms with E-state index in [1.54, 1.807) is 0 Å². The van der Waals surface area contributed by atoms with Crippen LogP contribution >= 0.6 is 0 Å². The quantitative estimate of drug-likeness (QED) is 0.859. The first kappa shape index (κ1) is 15.0. The van der Waals surface area contributed by atoms with Gasteiger partial charge >= 0.3 is 0 Å². The lowest BCUT2D eigenvalue weighted by molar-refractivity contribution is 0.206. The molecule has 1 aliphatic heterocycles. The van der Waals surface area contributed by atoms with Crippen molar-refractivity contribution in [2.45, 2.75) is 45.6 Å². The van der Waals surface area contributed by atoms with Crippen LogP contribution in [0.25, 0.3) is 0 Å². The zero-order valence-electron chi connectivity index (χ0n) is 13.6. The highest BCUT2D eigenvalue weighted by Crippen LogP contribution is 2.30. The van der Waals surface area contributed by atoms with Crippen LogP contribution in [-0.4, -0.2) is 12.6 Å². The van der Waals surface area contributed by atoms with Gasteiger partial charge in [-0.3, -0.25) is 0 Å². The number of aryl methyl sites for hydroxylation is 2. The molecule has 0 bridgehead atoms. The molecule has 0 aliphatic carbocycles. The van der Waals surface area contributed by atoms with E-state index in [4.69, 9.17) is 4.74 Å². The van der Waals surface area contributed by atoms with Gasteiger partial charge in [-0.15, -0.1) is 0 Å². The van der Waals surface area contributed by atoms with E-state index in [-0.39, 0.29) is 6.10 Å². The number of nitrogens with one attached hydrogen (secondary N) is 1. The fourth-order valence-electron chi connectivity index (χ4n) is 2.92. The molecule has 1 heterocycles. The van der Waals surface area contributed by atoms with Crippen molar-refractivity contribution in [1.82, 2.24) is 0 Å². The maximum Gasteiger partial charge on any atom is 0.143 e. The summed E-state index contributed by atoms with van der Waals surface area (Å²) in [5.74, 6) is 0.982. The van der Waals surface area contributed by atoms with Gasteiger partial charge in [0.2, 0.25) is 0 Å². The van der Waals surface area contributed by atoms with Crippen molar-refractivity contribution >= 4 is 5.69 Å². The van der Waals surface area contributed by atoms with Crippen LogP contribution in [0.15, 0.2) is 42.5 Å². The molecule has 0 amide bonds. The summed E-state index contributed by atoms with van der Waals surface area (Å²) >= 11 is 0. The number of benzene rings is 2. The number of rotatable bonds is 5. The summed E-state index contributed by atoms with van der Waals surface area (Å²) in [7, 11) is 0. The van der Waals surface area contributed by atoms with E-state index in [0.717, 1.165) is 24.4 Å². The van der Waals surface area contributed by atoms with Gasteiger partial charge in [-0.25, -0.2) is 0 Å². The smallest absolute Gasteiger partial charge is 0.143 e. The molecule has 0 aromatic heterocycles. The van der Waals surface area contributed by atoms with E-state index in [9.17, 15) is 0 Å². The van der Waals surface area contributed by atoms with Crippen molar-refractivity contribution in [2.24, 2.45) is 0 Å². The maximum atomic E-state index is 6.15. The lowest BCUT2D eigenvalue weighted by atomic mass is 10.0. The molecule has 0 saturated heterocycles. The Hall–Kier alpha value is -1.96. The van der Waals surface area contributed by atoms with E-state index >= 15 is 0 Å². The Labute approximate surface area is 133 Å². The van der Waals surface area contributed by atoms with Gasteiger partial charge in [-0.2, -0.15) is 0 Å².